The van der Waals surface area contributed by atoms with Crippen LogP contribution in [-0.2, 0) is 16.3 Å². The molecule has 0 bridgehead atoms. The van der Waals surface area contributed by atoms with Crippen LogP contribution in [0.15, 0.2) is 41.4 Å². The van der Waals surface area contributed by atoms with Crippen molar-refractivity contribution in [2.75, 3.05) is 6.26 Å². The van der Waals surface area contributed by atoms with Crippen LogP contribution in [0.4, 0.5) is 0 Å². The highest BCUT2D eigenvalue weighted by Gasteiger charge is 2.11. The number of aromatic nitrogens is 3. The first kappa shape index (κ1) is 13.8. The van der Waals surface area contributed by atoms with E-state index in [-0.39, 0.29) is 0 Å². The molecule has 0 fully saturated rings. The number of fused-ring (bicyclic) bond motifs is 1. The molecule has 2 aromatic heterocycles. The minimum Gasteiger partial charge on any atom is -0.282 e. The summed E-state index contributed by atoms with van der Waals surface area (Å²) in [4.78, 5) is 4.75. The highest BCUT2D eigenvalue weighted by molar-refractivity contribution is 7.90. The Morgan fingerprint density at radius 3 is 2.81 bits per heavy atom. The lowest BCUT2D eigenvalue weighted by atomic mass is 10.1. The zero-order valence-electron chi connectivity index (χ0n) is 11.8. The molecular formula is C15H15N3O2S. The van der Waals surface area contributed by atoms with E-state index in [0.717, 1.165) is 27.9 Å². The number of aryl methyl sites for hydroxylation is 1. The van der Waals surface area contributed by atoms with Crippen LogP contribution in [0.5, 0.6) is 0 Å². The Hall–Kier alpha value is -2.21. The van der Waals surface area contributed by atoms with Crippen LogP contribution in [0.3, 0.4) is 0 Å². The van der Waals surface area contributed by atoms with Gasteiger partial charge in [-0.3, -0.25) is 10.1 Å². The van der Waals surface area contributed by atoms with Crippen molar-refractivity contribution >= 4 is 20.7 Å². The predicted molar refractivity (Wildman–Crippen MR) is 81.0 cm³/mol. The highest BCUT2D eigenvalue weighted by atomic mass is 32.2. The summed E-state index contributed by atoms with van der Waals surface area (Å²) >= 11 is 0. The highest BCUT2D eigenvalue weighted by Crippen LogP contribution is 2.21. The smallest absolute Gasteiger partial charge is 0.175 e. The third kappa shape index (κ3) is 2.67. The summed E-state index contributed by atoms with van der Waals surface area (Å²) in [6, 6.07) is 8.83. The molecule has 0 aliphatic rings. The van der Waals surface area contributed by atoms with Crippen LogP contribution in [0.1, 0.15) is 17.0 Å². The number of hydrogen-bond donors (Lipinski definition) is 1. The summed E-state index contributed by atoms with van der Waals surface area (Å²) in [5, 5.41) is 8.17. The maximum absolute atomic E-state index is 11.6. The van der Waals surface area contributed by atoms with Crippen LogP contribution in [0, 0.1) is 6.92 Å². The van der Waals surface area contributed by atoms with Crippen molar-refractivity contribution in [2.24, 2.45) is 0 Å². The molecule has 0 radical (unpaired) electrons. The van der Waals surface area contributed by atoms with Gasteiger partial charge in [0.2, 0.25) is 0 Å². The number of aromatic amines is 1. The van der Waals surface area contributed by atoms with Crippen LogP contribution in [-0.4, -0.2) is 29.9 Å². The number of benzene rings is 1. The fraction of sp³-hybridized carbons (Fsp3) is 0.200. The molecule has 0 saturated carbocycles. The molecule has 0 aliphatic heterocycles. The van der Waals surface area contributed by atoms with Gasteiger partial charge in [-0.2, -0.15) is 5.10 Å². The summed E-state index contributed by atoms with van der Waals surface area (Å²) in [6.07, 6.45) is 3.50. The molecular weight excluding hydrogens is 286 g/mol. The third-order valence-electron chi connectivity index (χ3n) is 3.42. The first-order valence-corrected chi connectivity index (χ1v) is 8.42. The van der Waals surface area contributed by atoms with Gasteiger partial charge < -0.3 is 0 Å². The average Bonchev–Trinajstić information content (AvgIpc) is 2.81. The van der Waals surface area contributed by atoms with Crippen LogP contribution in [0.2, 0.25) is 0 Å². The Kier molecular flexibility index (Phi) is 3.25. The predicted octanol–water partition coefficient (Wildman–Crippen LogP) is 2.26. The van der Waals surface area contributed by atoms with E-state index in [4.69, 9.17) is 0 Å². The van der Waals surface area contributed by atoms with Gasteiger partial charge in [-0.15, -0.1) is 0 Å². The van der Waals surface area contributed by atoms with Gasteiger partial charge >= 0.3 is 0 Å². The molecule has 0 aliphatic carbocycles. The molecule has 3 rings (SSSR count). The van der Waals surface area contributed by atoms with Crippen molar-refractivity contribution in [2.45, 2.75) is 18.2 Å². The Labute approximate surface area is 123 Å². The lowest BCUT2D eigenvalue weighted by molar-refractivity contribution is 0.601. The molecule has 3 aromatic rings. The normalized spacial score (nSPS) is 11.9. The second-order valence-corrected chi connectivity index (χ2v) is 7.11. The molecule has 6 heteroatoms. The molecule has 5 nitrogen and oxygen atoms in total. The van der Waals surface area contributed by atoms with E-state index in [2.05, 4.69) is 15.2 Å². The van der Waals surface area contributed by atoms with E-state index < -0.39 is 9.84 Å². The molecule has 108 valence electrons. The van der Waals surface area contributed by atoms with Crippen molar-refractivity contribution in [3.05, 3.63) is 53.5 Å². The monoisotopic (exact) mass is 301 g/mol. The van der Waals surface area contributed by atoms with E-state index in [0.29, 0.717) is 11.3 Å². The minimum absolute atomic E-state index is 0.330. The topological polar surface area (TPSA) is 75.7 Å². The summed E-state index contributed by atoms with van der Waals surface area (Å²) in [7, 11) is -3.20. The van der Waals surface area contributed by atoms with E-state index in [1.807, 2.05) is 19.1 Å². The van der Waals surface area contributed by atoms with Crippen molar-refractivity contribution in [3.63, 3.8) is 0 Å². The number of nitrogens with one attached hydrogen (secondary N) is 1. The number of pyridine rings is 1. The number of H-pyrrole nitrogens is 1. The average molecular weight is 301 g/mol. The number of nitrogens with zero attached hydrogens (tertiary/aromatic N) is 2. The molecule has 1 aromatic carbocycles. The van der Waals surface area contributed by atoms with Gasteiger partial charge in [0.05, 0.1) is 16.1 Å². The molecule has 0 saturated heterocycles. The van der Waals surface area contributed by atoms with Crippen LogP contribution in [0.25, 0.3) is 10.9 Å². The molecule has 2 heterocycles. The molecule has 21 heavy (non-hydrogen) atoms. The fourth-order valence-electron chi connectivity index (χ4n) is 2.41. The summed E-state index contributed by atoms with van der Waals surface area (Å²) in [6.45, 7) is 1.95. The van der Waals surface area contributed by atoms with E-state index >= 15 is 0 Å². The van der Waals surface area contributed by atoms with E-state index in [1.54, 1.807) is 24.4 Å². The molecule has 0 atom stereocenters. The van der Waals surface area contributed by atoms with E-state index in [1.165, 1.54) is 6.26 Å². The van der Waals surface area contributed by atoms with Crippen LogP contribution >= 0.6 is 0 Å². The summed E-state index contributed by atoms with van der Waals surface area (Å²) < 4.78 is 23.3. The van der Waals surface area contributed by atoms with Gasteiger partial charge in [-0.1, -0.05) is 12.1 Å². The van der Waals surface area contributed by atoms with Crippen LogP contribution < -0.4 is 0 Å². The molecule has 0 unspecified atom stereocenters. The summed E-state index contributed by atoms with van der Waals surface area (Å²) in [5.41, 5.74) is 3.65. The first-order chi connectivity index (χ1) is 9.95. The number of hydrogen-bond acceptors (Lipinski definition) is 4. The maximum Gasteiger partial charge on any atom is 0.175 e. The second-order valence-electron chi connectivity index (χ2n) is 5.10. The molecule has 1 N–H and O–H groups in total. The quantitative estimate of drug-likeness (QED) is 0.805. The van der Waals surface area contributed by atoms with Gasteiger partial charge in [0.15, 0.2) is 9.84 Å². The number of rotatable bonds is 3. The zero-order valence-corrected chi connectivity index (χ0v) is 12.6. The third-order valence-corrected chi connectivity index (χ3v) is 4.53. The second kappa shape index (κ2) is 4.96. The minimum atomic E-state index is -3.20. The van der Waals surface area contributed by atoms with Crippen molar-refractivity contribution in [1.82, 2.24) is 15.2 Å². The van der Waals surface area contributed by atoms with Crippen molar-refractivity contribution in [1.29, 1.82) is 0 Å². The molecule has 0 spiro atoms. The Morgan fingerprint density at radius 2 is 2.05 bits per heavy atom. The van der Waals surface area contributed by atoms with Gasteiger partial charge in [0, 0.05) is 30.0 Å². The Balaban J connectivity index is 2.05. The number of sulfone groups is 1. The fourth-order valence-corrected chi connectivity index (χ4v) is 3.10. The summed E-state index contributed by atoms with van der Waals surface area (Å²) in [5.74, 6) is 0. The van der Waals surface area contributed by atoms with Gasteiger partial charge in [-0.05, 0) is 30.7 Å². The largest absolute Gasteiger partial charge is 0.282 e. The lowest BCUT2D eigenvalue weighted by Gasteiger charge is -2.05. The van der Waals surface area contributed by atoms with Gasteiger partial charge in [-0.25, -0.2) is 8.42 Å². The lowest BCUT2D eigenvalue weighted by Crippen LogP contribution is -1.99. The maximum atomic E-state index is 11.6. The standard InChI is InChI=1S/C15H15N3O2S/c1-10-15-13(18-17-10)6-7-16-14(15)9-11-4-3-5-12(8-11)21(2,19)20/h3-8H,9H2,1-2H3,(H,17,18). The van der Waals surface area contributed by atoms with Gasteiger partial charge in [0.25, 0.3) is 0 Å². The van der Waals surface area contributed by atoms with E-state index in [9.17, 15) is 8.42 Å². The Morgan fingerprint density at radius 1 is 1.24 bits per heavy atom. The van der Waals surface area contributed by atoms with Crippen molar-refractivity contribution < 1.29 is 8.42 Å². The van der Waals surface area contributed by atoms with Crippen molar-refractivity contribution in [3.8, 4) is 0 Å². The molecule has 0 amide bonds. The van der Waals surface area contributed by atoms with Gasteiger partial charge in [0.1, 0.15) is 0 Å². The SMILES string of the molecule is Cc1[nH]nc2ccnc(Cc3cccc(S(C)(=O)=O)c3)c12. The first-order valence-electron chi connectivity index (χ1n) is 6.53. The Bertz CT molecular complexity index is 914. The zero-order chi connectivity index (χ0) is 15.0.